The van der Waals surface area contributed by atoms with Gasteiger partial charge in [-0.05, 0) is 30.7 Å². The van der Waals surface area contributed by atoms with Crippen molar-refractivity contribution < 1.29 is 13.9 Å². The first-order valence-corrected chi connectivity index (χ1v) is 10.4. The number of ether oxygens (including phenoxy) is 2. The Morgan fingerprint density at radius 2 is 2.10 bits per heavy atom. The third-order valence-electron chi connectivity index (χ3n) is 4.99. The van der Waals surface area contributed by atoms with Crippen molar-refractivity contribution in [1.29, 1.82) is 0 Å². The number of hydrogen-bond donors (Lipinski definition) is 0. The standard InChI is InChI=1S/C21H19FN4O2S/c1-13-6-7-14(10-19(13)28-15-8-9-27-11-15)18-12-29-21-24-23-20(26(21)25-18)16-4-2-3-5-17(16)22/h2-7,10,15H,8-9,11-12H2,1H3/t15-/m1/s1. The maximum Gasteiger partial charge on any atom is 0.212 e. The molecule has 0 bridgehead atoms. The van der Waals surface area contributed by atoms with Crippen molar-refractivity contribution in [3.8, 4) is 17.1 Å². The Hall–Kier alpha value is -2.71. The maximum absolute atomic E-state index is 14.3. The van der Waals surface area contributed by atoms with Gasteiger partial charge in [0.2, 0.25) is 5.16 Å². The van der Waals surface area contributed by atoms with Crippen LogP contribution in [0.15, 0.2) is 52.7 Å². The molecule has 0 saturated carbocycles. The minimum absolute atomic E-state index is 0.0868. The number of nitrogens with zero attached hydrogens (tertiary/aromatic N) is 4. The molecular formula is C21H19FN4O2S. The molecule has 8 heteroatoms. The summed E-state index contributed by atoms with van der Waals surface area (Å²) in [5.74, 6) is 1.55. The van der Waals surface area contributed by atoms with Gasteiger partial charge in [0, 0.05) is 17.7 Å². The van der Waals surface area contributed by atoms with Crippen LogP contribution in [0.2, 0.25) is 0 Å². The Morgan fingerprint density at radius 1 is 1.21 bits per heavy atom. The highest BCUT2D eigenvalue weighted by molar-refractivity contribution is 7.99. The van der Waals surface area contributed by atoms with Crippen molar-refractivity contribution in [2.45, 2.75) is 24.6 Å². The van der Waals surface area contributed by atoms with E-state index < -0.39 is 0 Å². The van der Waals surface area contributed by atoms with Gasteiger partial charge in [0.1, 0.15) is 17.7 Å². The van der Waals surface area contributed by atoms with E-state index in [9.17, 15) is 4.39 Å². The van der Waals surface area contributed by atoms with Crippen molar-refractivity contribution >= 4 is 17.5 Å². The molecule has 0 spiro atoms. The zero-order chi connectivity index (χ0) is 19.8. The molecule has 3 heterocycles. The zero-order valence-corrected chi connectivity index (χ0v) is 16.7. The molecule has 148 valence electrons. The quantitative estimate of drug-likeness (QED) is 0.652. The molecule has 0 N–H and O–H groups in total. The summed E-state index contributed by atoms with van der Waals surface area (Å²) in [6, 6.07) is 12.6. The third kappa shape index (κ3) is 3.54. The van der Waals surface area contributed by atoms with Crippen LogP contribution in [0.3, 0.4) is 0 Å². The fraction of sp³-hybridized carbons (Fsp3) is 0.286. The molecule has 1 fully saturated rings. The molecule has 1 atom stereocenters. The lowest BCUT2D eigenvalue weighted by Crippen LogP contribution is -2.17. The number of hydrogen-bond acceptors (Lipinski definition) is 6. The minimum atomic E-state index is -0.347. The largest absolute Gasteiger partial charge is 0.488 e. The molecule has 0 aliphatic carbocycles. The van der Waals surface area contributed by atoms with Gasteiger partial charge in [0.05, 0.1) is 24.5 Å². The fourth-order valence-corrected chi connectivity index (χ4v) is 4.21. The Balaban J connectivity index is 1.50. The number of fused-ring (bicyclic) bond motifs is 1. The van der Waals surface area contributed by atoms with E-state index in [-0.39, 0.29) is 11.9 Å². The Bertz CT molecular complexity index is 1090. The topological polar surface area (TPSA) is 61.5 Å². The van der Waals surface area contributed by atoms with Crippen LogP contribution in [-0.2, 0) is 4.74 Å². The highest BCUT2D eigenvalue weighted by Crippen LogP contribution is 2.31. The molecule has 1 saturated heterocycles. The Kier molecular flexibility index (Phi) is 4.81. The Labute approximate surface area is 171 Å². The number of halogens is 1. The lowest BCUT2D eigenvalue weighted by molar-refractivity contribution is 0.141. The van der Waals surface area contributed by atoms with Crippen LogP contribution in [0.5, 0.6) is 5.75 Å². The highest BCUT2D eigenvalue weighted by atomic mass is 32.2. The molecule has 6 nitrogen and oxygen atoms in total. The summed E-state index contributed by atoms with van der Waals surface area (Å²) < 4.78 is 27.4. The molecule has 2 aliphatic heterocycles. The molecular weight excluding hydrogens is 391 g/mol. The predicted molar refractivity (Wildman–Crippen MR) is 109 cm³/mol. The summed E-state index contributed by atoms with van der Waals surface area (Å²) >= 11 is 1.53. The number of benzene rings is 2. The second-order valence-corrected chi connectivity index (χ2v) is 7.96. The van der Waals surface area contributed by atoms with Crippen molar-refractivity contribution in [2.75, 3.05) is 19.0 Å². The summed E-state index contributed by atoms with van der Waals surface area (Å²) in [6.07, 6.45) is 0.986. The van der Waals surface area contributed by atoms with E-state index in [1.54, 1.807) is 22.9 Å². The van der Waals surface area contributed by atoms with Crippen molar-refractivity contribution in [1.82, 2.24) is 14.9 Å². The second-order valence-electron chi connectivity index (χ2n) is 7.02. The van der Waals surface area contributed by atoms with Crippen LogP contribution in [0.4, 0.5) is 4.39 Å². The van der Waals surface area contributed by atoms with Crippen molar-refractivity contribution in [2.24, 2.45) is 5.10 Å². The van der Waals surface area contributed by atoms with Gasteiger partial charge in [-0.2, -0.15) is 9.78 Å². The zero-order valence-electron chi connectivity index (χ0n) is 15.8. The fourth-order valence-electron chi connectivity index (χ4n) is 3.37. The lowest BCUT2D eigenvalue weighted by Gasteiger charge is -2.17. The van der Waals surface area contributed by atoms with E-state index in [0.717, 1.165) is 35.6 Å². The van der Waals surface area contributed by atoms with Gasteiger partial charge < -0.3 is 9.47 Å². The predicted octanol–water partition coefficient (Wildman–Crippen LogP) is 3.92. The molecule has 2 aromatic carbocycles. The molecule has 2 aliphatic rings. The van der Waals surface area contributed by atoms with Gasteiger partial charge in [0.15, 0.2) is 5.82 Å². The van der Waals surface area contributed by atoms with Crippen LogP contribution in [-0.4, -0.2) is 45.7 Å². The van der Waals surface area contributed by atoms with Crippen LogP contribution in [0.1, 0.15) is 17.5 Å². The van der Waals surface area contributed by atoms with Crippen molar-refractivity contribution in [3.63, 3.8) is 0 Å². The molecule has 5 rings (SSSR count). The van der Waals surface area contributed by atoms with Crippen molar-refractivity contribution in [3.05, 3.63) is 59.4 Å². The molecule has 1 aromatic heterocycles. The van der Waals surface area contributed by atoms with Gasteiger partial charge in [-0.3, -0.25) is 0 Å². The number of thioether (sulfide) groups is 1. The van der Waals surface area contributed by atoms with E-state index in [0.29, 0.717) is 28.9 Å². The lowest BCUT2D eigenvalue weighted by atomic mass is 10.1. The smallest absolute Gasteiger partial charge is 0.212 e. The normalized spacial score (nSPS) is 18.4. The van der Waals surface area contributed by atoms with Gasteiger partial charge in [-0.15, -0.1) is 10.2 Å². The average molecular weight is 410 g/mol. The third-order valence-corrected chi connectivity index (χ3v) is 5.92. The first-order chi connectivity index (χ1) is 14.2. The summed E-state index contributed by atoms with van der Waals surface area (Å²) in [7, 11) is 0. The monoisotopic (exact) mass is 410 g/mol. The first kappa shape index (κ1) is 18.3. The van der Waals surface area contributed by atoms with E-state index in [4.69, 9.17) is 14.6 Å². The summed E-state index contributed by atoms with van der Waals surface area (Å²) in [4.78, 5) is 0. The summed E-state index contributed by atoms with van der Waals surface area (Å²) in [5, 5.41) is 13.7. The van der Waals surface area contributed by atoms with Gasteiger partial charge in [0.25, 0.3) is 0 Å². The van der Waals surface area contributed by atoms with Crippen LogP contribution in [0, 0.1) is 12.7 Å². The SMILES string of the molecule is Cc1ccc(C2=Nn3c(nnc3-c3ccccc3F)SC2)cc1O[C@@H]1CCOC1. The van der Waals surface area contributed by atoms with Gasteiger partial charge >= 0.3 is 0 Å². The maximum atomic E-state index is 14.3. The average Bonchev–Trinajstić information content (AvgIpc) is 3.39. The number of aromatic nitrogens is 3. The van der Waals surface area contributed by atoms with Gasteiger partial charge in [-0.1, -0.05) is 36.0 Å². The first-order valence-electron chi connectivity index (χ1n) is 9.45. The highest BCUT2D eigenvalue weighted by Gasteiger charge is 2.23. The summed E-state index contributed by atoms with van der Waals surface area (Å²) in [6.45, 7) is 3.39. The van der Waals surface area contributed by atoms with E-state index in [2.05, 4.69) is 10.2 Å². The van der Waals surface area contributed by atoms with Crippen LogP contribution in [0.25, 0.3) is 11.4 Å². The van der Waals surface area contributed by atoms with E-state index >= 15 is 0 Å². The summed E-state index contributed by atoms with van der Waals surface area (Å²) in [5.41, 5.74) is 3.29. The molecule has 0 amide bonds. The van der Waals surface area contributed by atoms with Crippen LogP contribution < -0.4 is 4.74 Å². The van der Waals surface area contributed by atoms with E-state index in [1.165, 1.54) is 17.8 Å². The van der Waals surface area contributed by atoms with Crippen LogP contribution >= 0.6 is 11.8 Å². The molecule has 0 radical (unpaired) electrons. The Morgan fingerprint density at radius 3 is 2.93 bits per heavy atom. The van der Waals surface area contributed by atoms with Gasteiger partial charge in [-0.25, -0.2) is 4.39 Å². The second kappa shape index (κ2) is 7.61. The molecule has 3 aromatic rings. The number of rotatable bonds is 4. The van der Waals surface area contributed by atoms with E-state index in [1.807, 2.05) is 25.1 Å². The number of aryl methyl sites for hydroxylation is 1. The molecule has 0 unspecified atom stereocenters. The molecule has 29 heavy (non-hydrogen) atoms. The minimum Gasteiger partial charge on any atom is -0.488 e.